The monoisotopic (exact) mass is 337 g/mol. The molecule has 2 N–H and O–H groups in total. The van der Waals surface area contributed by atoms with Crippen LogP contribution >= 0.6 is 11.3 Å². The lowest BCUT2D eigenvalue weighted by atomic mass is 9.79. The Balaban J connectivity index is 0.00000192. The Morgan fingerprint density at radius 2 is 1.91 bits per heavy atom. The molecule has 0 amide bonds. The summed E-state index contributed by atoms with van der Waals surface area (Å²) in [6, 6.07) is 3.90. The van der Waals surface area contributed by atoms with Gasteiger partial charge in [0, 0.05) is 16.6 Å². The quantitative estimate of drug-likeness (QED) is 0.812. The zero-order chi connectivity index (χ0) is 15.7. The molecule has 0 saturated heterocycles. The van der Waals surface area contributed by atoms with Gasteiger partial charge in [0.2, 0.25) is 0 Å². The number of hydrogen-bond acceptors (Lipinski definition) is 3. The fourth-order valence-corrected chi connectivity index (χ4v) is 4.13. The van der Waals surface area contributed by atoms with Crippen LogP contribution in [0, 0.1) is 18.7 Å². The Morgan fingerprint density at radius 3 is 2.48 bits per heavy atom. The van der Waals surface area contributed by atoms with E-state index in [1.54, 1.807) is 7.11 Å². The summed E-state index contributed by atoms with van der Waals surface area (Å²) >= 11 is 1.47. The lowest BCUT2D eigenvalue weighted by Gasteiger charge is -2.28. The molecule has 126 valence electrons. The Bertz CT molecular complexity index is 663. The number of aromatic nitrogens is 1. The lowest BCUT2D eigenvalue weighted by Crippen LogP contribution is -2.12. The largest absolute Gasteiger partial charge is 0.493 e. The molecule has 1 aliphatic carbocycles. The Hall–Kier alpha value is -1.46. The van der Waals surface area contributed by atoms with E-state index in [1.807, 2.05) is 24.4 Å². The van der Waals surface area contributed by atoms with E-state index in [0.29, 0.717) is 17.2 Å². The van der Waals surface area contributed by atoms with Crippen molar-refractivity contribution in [1.82, 2.24) is 4.98 Å². The van der Waals surface area contributed by atoms with Gasteiger partial charge in [0.1, 0.15) is 5.01 Å². The van der Waals surface area contributed by atoms with Gasteiger partial charge in [-0.3, -0.25) is 0 Å². The average molecular weight is 337 g/mol. The normalized spacial score (nSPS) is 20.9. The number of halogens is 1. The molecule has 0 bridgehead atoms. The van der Waals surface area contributed by atoms with Gasteiger partial charge < -0.3 is 10.2 Å². The van der Waals surface area contributed by atoms with Crippen LogP contribution in [0.1, 0.15) is 49.8 Å². The molecule has 0 spiro atoms. The third kappa shape index (κ3) is 3.56. The van der Waals surface area contributed by atoms with Gasteiger partial charge in [-0.1, -0.05) is 25.8 Å². The van der Waals surface area contributed by atoms with Crippen molar-refractivity contribution in [2.24, 2.45) is 5.92 Å². The molecule has 0 unspecified atom stereocenters. The summed E-state index contributed by atoms with van der Waals surface area (Å²) < 4.78 is 20.3. The molecule has 2 aromatic rings. The van der Waals surface area contributed by atoms with E-state index in [9.17, 15) is 4.39 Å². The van der Waals surface area contributed by atoms with Crippen molar-refractivity contribution in [3.8, 4) is 16.3 Å². The molecule has 0 radical (unpaired) electrons. The first-order chi connectivity index (χ1) is 10.6. The highest BCUT2D eigenvalue weighted by molar-refractivity contribution is 7.13. The maximum Gasteiger partial charge on any atom is 0.175 e. The van der Waals surface area contributed by atoms with Gasteiger partial charge in [-0.15, -0.1) is 11.3 Å². The summed E-state index contributed by atoms with van der Waals surface area (Å²) in [4.78, 5) is 4.39. The zero-order valence-electron chi connectivity index (χ0n) is 13.9. The van der Waals surface area contributed by atoms with E-state index in [4.69, 9.17) is 4.74 Å². The van der Waals surface area contributed by atoms with Crippen LogP contribution in [0.25, 0.3) is 10.6 Å². The SMILES string of the molecule is COc1c(C2CCC(C)CC2)ccc(-c2nc(C)cs2)c1F.O. The average Bonchev–Trinajstić information content (AvgIpc) is 2.94. The number of nitrogens with zero attached hydrogens (tertiary/aromatic N) is 1. The fraction of sp³-hybridized carbons (Fsp3) is 0.500. The minimum absolute atomic E-state index is 0. The van der Waals surface area contributed by atoms with Crippen molar-refractivity contribution in [3.63, 3.8) is 0 Å². The number of rotatable bonds is 3. The molecule has 0 aliphatic heterocycles. The molecule has 5 heteroatoms. The standard InChI is InChI=1S/C18H22FNOS.H2O/c1-11-4-6-13(7-5-11)14-8-9-15(16(19)17(14)21-3)18-20-12(2)10-22-18;/h8-11,13H,4-7H2,1-3H3;1H2. The van der Waals surface area contributed by atoms with Crippen molar-refractivity contribution in [1.29, 1.82) is 0 Å². The van der Waals surface area contributed by atoms with E-state index in [0.717, 1.165) is 35.0 Å². The highest BCUT2D eigenvalue weighted by Crippen LogP contribution is 2.42. The van der Waals surface area contributed by atoms with E-state index >= 15 is 0 Å². The van der Waals surface area contributed by atoms with E-state index in [2.05, 4.69) is 11.9 Å². The molecule has 1 aromatic heterocycles. The summed E-state index contributed by atoms with van der Waals surface area (Å²) in [6.45, 7) is 4.22. The van der Waals surface area contributed by atoms with Crippen LogP contribution in [-0.2, 0) is 0 Å². The van der Waals surface area contributed by atoms with Crippen LogP contribution in [0.2, 0.25) is 0 Å². The van der Waals surface area contributed by atoms with E-state index in [1.165, 1.54) is 24.2 Å². The number of hydrogen-bond donors (Lipinski definition) is 0. The predicted molar refractivity (Wildman–Crippen MR) is 92.8 cm³/mol. The van der Waals surface area contributed by atoms with Crippen molar-refractivity contribution >= 4 is 11.3 Å². The summed E-state index contributed by atoms with van der Waals surface area (Å²) in [5.74, 6) is 1.33. The van der Waals surface area contributed by atoms with Crippen molar-refractivity contribution in [2.75, 3.05) is 7.11 Å². The summed E-state index contributed by atoms with van der Waals surface area (Å²) in [6.07, 6.45) is 4.66. The smallest absolute Gasteiger partial charge is 0.175 e. The van der Waals surface area contributed by atoms with Gasteiger partial charge in [0.05, 0.1) is 12.7 Å². The van der Waals surface area contributed by atoms with Gasteiger partial charge in [-0.2, -0.15) is 0 Å². The molecule has 1 fully saturated rings. The second-order valence-electron chi connectivity index (χ2n) is 6.30. The number of benzene rings is 1. The van der Waals surface area contributed by atoms with Crippen LogP contribution in [-0.4, -0.2) is 17.6 Å². The molecule has 3 rings (SSSR count). The maximum atomic E-state index is 14.9. The molecule has 23 heavy (non-hydrogen) atoms. The van der Waals surface area contributed by atoms with Crippen LogP contribution in [0.15, 0.2) is 17.5 Å². The van der Waals surface area contributed by atoms with Crippen molar-refractivity contribution in [2.45, 2.75) is 45.4 Å². The molecular formula is C18H24FNO2S. The second-order valence-corrected chi connectivity index (χ2v) is 7.16. The van der Waals surface area contributed by atoms with Gasteiger partial charge in [-0.05, 0) is 37.7 Å². The van der Waals surface area contributed by atoms with Gasteiger partial charge in [0.25, 0.3) is 0 Å². The second kappa shape index (κ2) is 7.41. The molecule has 1 saturated carbocycles. The van der Waals surface area contributed by atoms with Crippen molar-refractivity contribution < 1.29 is 14.6 Å². The van der Waals surface area contributed by atoms with Gasteiger partial charge in [0.15, 0.2) is 11.6 Å². The molecule has 1 aliphatic rings. The number of thiazole rings is 1. The third-order valence-corrected chi connectivity index (χ3v) is 5.63. The molecule has 3 nitrogen and oxygen atoms in total. The Kier molecular flexibility index (Phi) is 5.76. The van der Waals surface area contributed by atoms with Crippen LogP contribution < -0.4 is 4.74 Å². The molecule has 0 atom stereocenters. The number of aryl methyl sites for hydroxylation is 1. The lowest BCUT2D eigenvalue weighted by molar-refractivity contribution is 0.330. The number of methoxy groups -OCH3 is 1. The van der Waals surface area contributed by atoms with E-state index in [-0.39, 0.29) is 11.3 Å². The van der Waals surface area contributed by atoms with Crippen molar-refractivity contribution in [3.05, 3.63) is 34.6 Å². The van der Waals surface area contributed by atoms with Crippen LogP contribution in [0.5, 0.6) is 5.75 Å². The highest BCUT2D eigenvalue weighted by atomic mass is 32.1. The minimum Gasteiger partial charge on any atom is -0.493 e. The van der Waals surface area contributed by atoms with Gasteiger partial charge >= 0.3 is 0 Å². The summed E-state index contributed by atoms with van der Waals surface area (Å²) in [7, 11) is 1.56. The molecular weight excluding hydrogens is 313 g/mol. The molecule has 1 heterocycles. The maximum absolute atomic E-state index is 14.9. The third-order valence-electron chi connectivity index (χ3n) is 4.64. The van der Waals surface area contributed by atoms with Gasteiger partial charge in [-0.25, -0.2) is 9.37 Å². The first-order valence-electron chi connectivity index (χ1n) is 7.89. The Labute approximate surface area is 140 Å². The Morgan fingerprint density at radius 1 is 1.22 bits per heavy atom. The van der Waals surface area contributed by atoms with Crippen LogP contribution in [0.3, 0.4) is 0 Å². The topological polar surface area (TPSA) is 53.6 Å². The first-order valence-corrected chi connectivity index (χ1v) is 8.77. The van der Waals surface area contributed by atoms with Crippen LogP contribution in [0.4, 0.5) is 4.39 Å². The first kappa shape index (κ1) is 17.9. The fourth-order valence-electron chi connectivity index (χ4n) is 3.31. The molecule has 1 aromatic carbocycles. The minimum atomic E-state index is -0.270. The summed E-state index contributed by atoms with van der Waals surface area (Å²) in [5, 5.41) is 2.66. The number of ether oxygens (including phenoxy) is 1. The predicted octanol–water partition coefficient (Wildman–Crippen LogP) is 4.74. The summed E-state index contributed by atoms with van der Waals surface area (Å²) in [5.41, 5.74) is 2.48. The van der Waals surface area contributed by atoms with E-state index < -0.39 is 0 Å². The zero-order valence-corrected chi connectivity index (χ0v) is 14.7. The highest BCUT2D eigenvalue weighted by Gasteiger charge is 2.25.